The fourth-order valence-corrected chi connectivity index (χ4v) is 2.71. The molecule has 1 atom stereocenters. The van der Waals surface area contributed by atoms with Crippen LogP contribution in [0.3, 0.4) is 0 Å². The molecule has 1 aromatic heterocycles. The van der Waals surface area contributed by atoms with Crippen LogP contribution >= 0.6 is 11.6 Å². The SMILES string of the molecule is CC(c1[nH]nc(N)c1-c1ccccc1Cl)C1CC1. The van der Waals surface area contributed by atoms with E-state index in [-0.39, 0.29) is 0 Å². The van der Waals surface area contributed by atoms with Crippen LogP contribution < -0.4 is 5.73 Å². The first-order valence-electron chi connectivity index (χ1n) is 6.27. The Morgan fingerprint density at radius 3 is 2.78 bits per heavy atom. The smallest absolute Gasteiger partial charge is 0.153 e. The molecule has 0 spiro atoms. The number of rotatable bonds is 3. The van der Waals surface area contributed by atoms with Crippen LogP contribution in [0.4, 0.5) is 5.82 Å². The fourth-order valence-electron chi connectivity index (χ4n) is 2.48. The third kappa shape index (κ3) is 1.89. The molecular weight excluding hydrogens is 246 g/mol. The number of hydrogen-bond acceptors (Lipinski definition) is 2. The van der Waals surface area contributed by atoms with Crippen LogP contribution in [0.5, 0.6) is 0 Å². The minimum absolute atomic E-state index is 0.459. The number of nitrogen functional groups attached to an aromatic ring is 1. The Hall–Kier alpha value is -1.48. The molecule has 0 bridgehead atoms. The zero-order chi connectivity index (χ0) is 12.7. The summed E-state index contributed by atoms with van der Waals surface area (Å²) in [5.74, 6) is 1.75. The van der Waals surface area contributed by atoms with Gasteiger partial charge < -0.3 is 5.73 Å². The van der Waals surface area contributed by atoms with E-state index >= 15 is 0 Å². The Morgan fingerprint density at radius 2 is 2.11 bits per heavy atom. The highest BCUT2D eigenvalue weighted by molar-refractivity contribution is 6.33. The normalized spacial score (nSPS) is 16.8. The van der Waals surface area contributed by atoms with Crippen molar-refractivity contribution in [1.29, 1.82) is 0 Å². The number of nitrogens with zero attached hydrogens (tertiary/aromatic N) is 1. The molecular formula is C14H16ClN3. The van der Waals surface area contributed by atoms with Crippen molar-refractivity contribution in [2.75, 3.05) is 5.73 Å². The molecule has 18 heavy (non-hydrogen) atoms. The number of nitrogens with one attached hydrogen (secondary N) is 1. The highest BCUT2D eigenvalue weighted by atomic mass is 35.5. The number of benzene rings is 1. The molecule has 0 amide bonds. The van der Waals surface area contributed by atoms with Gasteiger partial charge in [-0.3, -0.25) is 5.10 Å². The van der Waals surface area contributed by atoms with Crippen LogP contribution in [-0.2, 0) is 0 Å². The van der Waals surface area contributed by atoms with Crippen molar-refractivity contribution in [2.24, 2.45) is 5.92 Å². The van der Waals surface area contributed by atoms with Gasteiger partial charge in [0.15, 0.2) is 5.82 Å². The van der Waals surface area contributed by atoms with Crippen LogP contribution in [0.25, 0.3) is 11.1 Å². The summed E-state index contributed by atoms with van der Waals surface area (Å²) in [7, 11) is 0. The molecule has 0 saturated heterocycles. The second kappa shape index (κ2) is 4.32. The van der Waals surface area contributed by atoms with E-state index < -0.39 is 0 Å². The van der Waals surface area contributed by atoms with Crippen molar-refractivity contribution in [3.63, 3.8) is 0 Å². The second-order valence-corrected chi connectivity index (χ2v) is 5.41. The summed E-state index contributed by atoms with van der Waals surface area (Å²) in [5.41, 5.74) is 9.05. The molecule has 0 aliphatic heterocycles. The molecule has 1 aliphatic carbocycles. The number of anilines is 1. The molecule has 0 radical (unpaired) electrons. The first kappa shape index (κ1) is 11.6. The lowest BCUT2D eigenvalue weighted by Crippen LogP contribution is -1.99. The Labute approximate surface area is 111 Å². The van der Waals surface area contributed by atoms with Crippen LogP contribution in [0.2, 0.25) is 5.02 Å². The summed E-state index contributed by atoms with van der Waals surface area (Å²) in [6, 6.07) is 7.77. The molecule has 4 heteroatoms. The molecule has 3 nitrogen and oxygen atoms in total. The Kier molecular flexibility index (Phi) is 2.78. The van der Waals surface area contributed by atoms with Crippen molar-refractivity contribution in [2.45, 2.75) is 25.7 Å². The largest absolute Gasteiger partial charge is 0.382 e. The van der Waals surface area contributed by atoms with E-state index in [0.717, 1.165) is 27.8 Å². The van der Waals surface area contributed by atoms with Crippen LogP contribution in [0, 0.1) is 5.92 Å². The van der Waals surface area contributed by atoms with Gasteiger partial charge in [-0.15, -0.1) is 0 Å². The number of H-pyrrole nitrogens is 1. The van der Waals surface area contributed by atoms with Crippen molar-refractivity contribution >= 4 is 17.4 Å². The van der Waals surface area contributed by atoms with E-state index in [1.165, 1.54) is 12.8 Å². The van der Waals surface area contributed by atoms with E-state index in [0.29, 0.717) is 11.7 Å². The van der Waals surface area contributed by atoms with Gasteiger partial charge in [-0.25, -0.2) is 0 Å². The van der Waals surface area contributed by atoms with Crippen molar-refractivity contribution in [1.82, 2.24) is 10.2 Å². The molecule has 1 heterocycles. The number of nitrogens with two attached hydrogens (primary N) is 1. The zero-order valence-corrected chi connectivity index (χ0v) is 11.0. The van der Waals surface area contributed by atoms with Gasteiger partial charge in [-0.2, -0.15) is 5.10 Å². The molecule has 1 aliphatic rings. The molecule has 1 fully saturated rings. The first-order chi connectivity index (χ1) is 8.68. The number of aromatic amines is 1. The lowest BCUT2D eigenvalue weighted by Gasteiger charge is -2.12. The summed E-state index contributed by atoms with van der Waals surface area (Å²) in [6.07, 6.45) is 2.59. The van der Waals surface area contributed by atoms with Gasteiger partial charge in [0.05, 0.1) is 0 Å². The van der Waals surface area contributed by atoms with Gasteiger partial charge in [0, 0.05) is 27.8 Å². The van der Waals surface area contributed by atoms with E-state index in [2.05, 4.69) is 17.1 Å². The van der Waals surface area contributed by atoms with Crippen molar-refractivity contribution in [3.8, 4) is 11.1 Å². The van der Waals surface area contributed by atoms with Crippen LogP contribution in [0.1, 0.15) is 31.4 Å². The molecule has 2 aromatic rings. The molecule has 1 aromatic carbocycles. The van der Waals surface area contributed by atoms with E-state index in [1.807, 2.05) is 24.3 Å². The lowest BCUT2D eigenvalue weighted by atomic mass is 9.94. The van der Waals surface area contributed by atoms with Crippen LogP contribution in [0.15, 0.2) is 24.3 Å². The Bertz CT molecular complexity index is 572. The Balaban J connectivity index is 2.11. The highest BCUT2D eigenvalue weighted by Crippen LogP contribution is 2.46. The van der Waals surface area contributed by atoms with Gasteiger partial charge in [0.2, 0.25) is 0 Å². The second-order valence-electron chi connectivity index (χ2n) is 5.00. The van der Waals surface area contributed by atoms with Gasteiger partial charge in [-0.05, 0) is 24.8 Å². The van der Waals surface area contributed by atoms with Gasteiger partial charge in [0.1, 0.15) is 0 Å². The maximum atomic E-state index is 6.26. The predicted octanol–water partition coefficient (Wildman–Crippen LogP) is 3.83. The molecule has 3 rings (SSSR count). The van der Waals surface area contributed by atoms with E-state index in [9.17, 15) is 0 Å². The monoisotopic (exact) mass is 261 g/mol. The zero-order valence-electron chi connectivity index (χ0n) is 10.3. The summed E-state index contributed by atoms with van der Waals surface area (Å²) in [5, 5.41) is 7.96. The van der Waals surface area contributed by atoms with Gasteiger partial charge in [0.25, 0.3) is 0 Å². The van der Waals surface area contributed by atoms with E-state index in [1.54, 1.807) is 0 Å². The lowest BCUT2D eigenvalue weighted by molar-refractivity contribution is 0.642. The van der Waals surface area contributed by atoms with Crippen molar-refractivity contribution in [3.05, 3.63) is 35.0 Å². The third-order valence-electron chi connectivity index (χ3n) is 3.75. The number of halogens is 1. The summed E-state index contributed by atoms with van der Waals surface area (Å²) < 4.78 is 0. The topological polar surface area (TPSA) is 54.7 Å². The first-order valence-corrected chi connectivity index (χ1v) is 6.65. The Morgan fingerprint density at radius 1 is 1.39 bits per heavy atom. The summed E-state index contributed by atoms with van der Waals surface area (Å²) in [4.78, 5) is 0. The summed E-state index contributed by atoms with van der Waals surface area (Å²) in [6.45, 7) is 2.23. The summed E-state index contributed by atoms with van der Waals surface area (Å²) >= 11 is 6.26. The van der Waals surface area contributed by atoms with Gasteiger partial charge in [-0.1, -0.05) is 36.7 Å². The quantitative estimate of drug-likeness (QED) is 0.882. The minimum atomic E-state index is 0.459. The maximum absolute atomic E-state index is 6.26. The highest BCUT2D eigenvalue weighted by Gasteiger charge is 2.32. The predicted molar refractivity (Wildman–Crippen MR) is 74.6 cm³/mol. The average molecular weight is 262 g/mol. The minimum Gasteiger partial charge on any atom is -0.382 e. The molecule has 1 saturated carbocycles. The molecule has 3 N–H and O–H groups in total. The van der Waals surface area contributed by atoms with Crippen LogP contribution in [-0.4, -0.2) is 10.2 Å². The third-order valence-corrected chi connectivity index (χ3v) is 4.08. The van der Waals surface area contributed by atoms with E-state index in [4.69, 9.17) is 17.3 Å². The van der Waals surface area contributed by atoms with Gasteiger partial charge >= 0.3 is 0 Å². The molecule has 94 valence electrons. The average Bonchev–Trinajstić information content (AvgIpc) is 3.14. The van der Waals surface area contributed by atoms with Crippen molar-refractivity contribution < 1.29 is 0 Å². The molecule has 1 unspecified atom stereocenters. The number of aromatic nitrogens is 2. The standard InChI is InChI=1S/C14H16ClN3/c1-8(9-6-7-9)13-12(14(16)18-17-13)10-4-2-3-5-11(10)15/h2-5,8-9H,6-7H2,1H3,(H3,16,17,18). The maximum Gasteiger partial charge on any atom is 0.153 e. The fraction of sp³-hybridized carbons (Fsp3) is 0.357. The number of hydrogen-bond donors (Lipinski definition) is 2.